The average Bonchev–Trinajstić information content (AvgIpc) is 2.82. The molecule has 0 atom stereocenters. The molecule has 1 N–H and O–H groups in total. The second-order valence-corrected chi connectivity index (χ2v) is 4.03. The van der Waals surface area contributed by atoms with Crippen molar-refractivity contribution in [3.05, 3.63) is 18.3 Å². The van der Waals surface area contributed by atoms with Gasteiger partial charge in [-0.3, -0.25) is 0 Å². The molecule has 2 aromatic rings. The maximum Gasteiger partial charge on any atom is 0.241 e. The highest BCUT2D eigenvalue weighted by molar-refractivity contribution is 5.42. The molecule has 6 heteroatoms. The molecule has 6 nitrogen and oxygen atoms in total. The van der Waals surface area contributed by atoms with Crippen molar-refractivity contribution in [2.45, 2.75) is 25.4 Å². The summed E-state index contributed by atoms with van der Waals surface area (Å²) in [5, 5.41) is 7.23. The zero-order valence-electron chi connectivity index (χ0n) is 9.05. The summed E-state index contributed by atoms with van der Waals surface area (Å²) < 4.78 is 7.01. The smallest absolute Gasteiger partial charge is 0.241 e. The van der Waals surface area contributed by atoms with E-state index in [1.54, 1.807) is 6.20 Å². The minimum absolute atomic E-state index is 0.542. The average molecular weight is 219 g/mol. The summed E-state index contributed by atoms with van der Waals surface area (Å²) in [5.74, 6) is 1.88. The fourth-order valence-electron chi connectivity index (χ4n) is 1.52. The Balaban J connectivity index is 1.74. The number of imidazole rings is 1. The Hall–Kier alpha value is -1.69. The minimum Gasteiger partial charge on any atom is -0.337 e. The van der Waals surface area contributed by atoms with Crippen LogP contribution in [0.3, 0.4) is 0 Å². The van der Waals surface area contributed by atoms with Crippen LogP contribution in [0.2, 0.25) is 0 Å². The molecular formula is C10H13N5O. The summed E-state index contributed by atoms with van der Waals surface area (Å²) in [6.07, 6.45) is 6.07. The standard InChI is InChI=1S/C10H13N5O/c1-15-5-4-11-10(15)9-13-8(16-14-9)6-12-7-2-3-7/h4-5,7,12H,2-3,6H2,1H3. The van der Waals surface area contributed by atoms with E-state index in [1.807, 2.05) is 17.8 Å². The number of aromatic nitrogens is 4. The summed E-state index contributed by atoms with van der Waals surface area (Å²) in [4.78, 5) is 8.45. The van der Waals surface area contributed by atoms with E-state index < -0.39 is 0 Å². The molecule has 2 aromatic heterocycles. The van der Waals surface area contributed by atoms with Gasteiger partial charge >= 0.3 is 0 Å². The molecule has 1 aliphatic carbocycles. The summed E-state index contributed by atoms with van der Waals surface area (Å²) in [6, 6.07) is 0.642. The van der Waals surface area contributed by atoms with E-state index in [9.17, 15) is 0 Å². The monoisotopic (exact) mass is 219 g/mol. The number of rotatable bonds is 4. The summed E-state index contributed by atoms with van der Waals surface area (Å²) >= 11 is 0. The summed E-state index contributed by atoms with van der Waals surface area (Å²) in [6.45, 7) is 0.641. The van der Waals surface area contributed by atoms with Crippen LogP contribution in [-0.2, 0) is 13.6 Å². The van der Waals surface area contributed by atoms with Crippen LogP contribution in [0.25, 0.3) is 11.6 Å². The summed E-state index contributed by atoms with van der Waals surface area (Å²) in [5.41, 5.74) is 0. The molecule has 0 saturated heterocycles. The zero-order valence-corrected chi connectivity index (χ0v) is 9.05. The molecule has 1 saturated carbocycles. The van der Waals surface area contributed by atoms with E-state index in [1.165, 1.54) is 12.8 Å². The molecule has 0 amide bonds. The van der Waals surface area contributed by atoms with Crippen molar-refractivity contribution >= 4 is 0 Å². The molecule has 0 radical (unpaired) electrons. The molecule has 84 valence electrons. The Bertz CT molecular complexity index is 485. The molecule has 16 heavy (non-hydrogen) atoms. The van der Waals surface area contributed by atoms with Crippen LogP contribution < -0.4 is 5.32 Å². The molecule has 0 bridgehead atoms. The molecule has 1 fully saturated rings. The van der Waals surface area contributed by atoms with Gasteiger partial charge in [0.15, 0.2) is 5.82 Å². The van der Waals surface area contributed by atoms with Gasteiger partial charge in [0.1, 0.15) is 0 Å². The number of nitrogens with zero attached hydrogens (tertiary/aromatic N) is 4. The van der Waals surface area contributed by atoms with Crippen molar-refractivity contribution < 1.29 is 4.52 Å². The first-order valence-electron chi connectivity index (χ1n) is 5.36. The van der Waals surface area contributed by atoms with Crippen molar-refractivity contribution in [2.75, 3.05) is 0 Å². The van der Waals surface area contributed by atoms with E-state index in [2.05, 4.69) is 20.4 Å². The molecule has 1 aliphatic rings. The van der Waals surface area contributed by atoms with Crippen LogP contribution in [0, 0.1) is 0 Å². The number of hydrogen-bond donors (Lipinski definition) is 1. The third-order valence-corrected chi connectivity index (χ3v) is 2.61. The fourth-order valence-corrected chi connectivity index (χ4v) is 1.52. The Morgan fingerprint density at radius 1 is 1.56 bits per heavy atom. The van der Waals surface area contributed by atoms with Crippen molar-refractivity contribution in [1.82, 2.24) is 25.0 Å². The highest BCUT2D eigenvalue weighted by atomic mass is 16.5. The van der Waals surface area contributed by atoms with Crippen molar-refractivity contribution in [1.29, 1.82) is 0 Å². The van der Waals surface area contributed by atoms with Gasteiger partial charge in [0.25, 0.3) is 0 Å². The lowest BCUT2D eigenvalue weighted by molar-refractivity contribution is 0.367. The van der Waals surface area contributed by atoms with Gasteiger partial charge in [0, 0.05) is 25.5 Å². The lowest BCUT2D eigenvalue weighted by Gasteiger charge is -1.95. The van der Waals surface area contributed by atoms with Gasteiger partial charge in [0.05, 0.1) is 6.54 Å². The molecular weight excluding hydrogens is 206 g/mol. The fraction of sp³-hybridized carbons (Fsp3) is 0.500. The maximum absolute atomic E-state index is 5.14. The number of hydrogen-bond acceptors (Lipinski definition) is 5. The highest BCUT2D eigenvalue weighted by Gasteiger charge is 2.21. The predicted molar refractivity (Wildman–Crippen MR) is 56.4 cm³/mol. The van der Waals surface area contributed by atoms with Crippen LogP contribution in [0.5, 0.6) is 0 Å². The summed E-state index contributed by atoms with van der Waals surface area (Å²) in [7, 11) is 1.90. The second kappa shape index (κ2) is 3.71. The molecule has 0 unspecified atom stereocenters. The topological polar surface area (TPSA) is 68.8 Å². The third kappa shape index (κ3) is 1.83. The maximum atomic E-state index is 5.14. The van der Waals surface area contributed by atoms with Gasteiger partial charge in [-0.15, -0.1) is 0 Å². The third-order valence-electron chi connectivity index (χ3n) is 2.61. The van der Waals surface area contributed by atoms with Crippen LogP contribution in [0.15, 0.2) is 16.9 Å². The first kappa shape index (κ1) is 9.53. The lowest BCUT2D eigenvalue weighted by atomic mass is 10.5. The molecule has 0 aromatic carbocycles. The lowest BCUT2D eigenvalue weighted by Crippen LogP contribution is -2.15. The van der Waals surface area contributed by atoms with Gasteiger partial charge in [-0.2, -0.15) is 4.98 Å². The van der Waals surface area contributed by atoms with Crippen LogP contribution in [0.1, 0.15) is 18.7 Å². The van der Waals surface area contributed by atoms with Crippen molar-refractivity contribution in [3.63, 3.8) is 0 Å². The van der Waals surface area contributed by atoms with E-state index >= 15 is 0 Å². The Morgan fingerprint density at radius 2 is 2.44 bits per heavy atom. The molecule has 0 aliphatic heterocycles. The second-order valence-electron chi connectivity index (χ2n) is 4.03. The number of aryl methyl sites for hydroxylation is 1. The first-order chi connectivity index (χ1) is 7.83. The molecule has 0 spiro atoms. The predicted octanol–water partition coefficient (Wildman–Crippen LogP) is 0.722. The molecule has 3 rings (SSSR count). The minimum atomic E-state index is 0.542. The van der Waals surface area contributed by atoms with Crippen molar-refractivity contribution in [3.8, 4) is 11.6 Å². The van der Waals surface area contributed by atoms with Gasteiger partial charge < -0.3 is 14.4 Å². The largest absolute Gasteiger partial charge is 0.337 e. The van der Waals surface area contributed by atoms with Crippen LogP contribution >= 0.6 is 0 Å². The van der Waals surface area contributed by atoms with Gasteiger partial charge in [-0.05, 0) is 12.8 Å². The highest BCUT2D eigenvalue weighted by Crippen LogP contribution is 2.19. The van der Waals surface area contributed by atoms with E-state index in [0.29, 0.717) is 24.3 Å². The SMILES string of the molecule is Cn1ccnc1-c1noc(CNC2CC2)n1. The van der Waals surface area contributed by atoms with Crippen LogP contribution in [0.4, 0.5) is 0 Å². The van der Waals surface area contributed by atoms with Gasteiger partial charge in [0.2, 0.25) is 11.7 Å². The van der Waals surface area contributed by atoms with E-state index in [0.717, 1.165) is 5.82 Å². The normalized spacial score (nSPS) is 15.6. The quantitative estimate of drug-likeness (QED) is 0.820. The Morgan fingerprint density at radius 3 is 3.12 bits per heavy atom. The Kier molecular flexibility index (Phi) is 2.21. The molecule has 2 heterocycles. The number of nitrogens with one attached hydrogen (secondary N) is 1. The van der Waals surface area contributed by atoms with Gasteiger partial charge in [-0.1, -0.05) is 5.16 Å². The van der Waals surface area contributed by atoms with E-state index in [-0.39, 0.29) is 0 Å². The zero-order chi connectivity index (χ0) is 11.0. The van der Waals surface area contributed by atoms with Gasteiger partial charge in [-0.25, -0.2) is 4.98 Å². The van der Waals surface area contributed by atoms with Crippen LogP contribution in [-0.4, -0.2) is 25.7 Å². The van der Waals surface area contributed by atoms with Crippen molar-refractivity contribution in [2.24, 2.45) is 7.05 Å². The first-order valence-corrected chi connectivity index (χ1v) is 5.36. The Labute approximate surface area is 92.7 Å². The van der Waals surface area contributed by atoms with E-state index in [4.69, 9.17) is 4.52 Å².